The van der Waals surface area contributed by atoms with Gasteiger partial charge < -0.3 is 10.6 Å². The first-order chi connectivity index (χ1) is 16.2. The molecule has 2 N–H and O–H groups in total. The quantitative estimate of drug-likeness (QED) is 0.344. The number of amides is 2. The molecule has 4 aromatic carbocycles. The van der Waals surface area contributed by atoms with Crippen molar-refractivity contribution in [3.63, 3.8) is 0 Å². The first kappa shape index (κ1) is 21.8. The maximum absolute atomic E-state index is 13.5. The van der Waals surface area contributed by atoms with Gasteiger partial charge in [-0.2, -0.15) is 0 Å². The maximum Gasteiger partial charge on any atom is 0.252 e. The summed E-state index contributed by atoms with van der Waals surface area (Å²) in [5, 5.41) is 5.85. The molecule has 0 spiro atoms. The Bertz CT molecular complexity index is 1190. The van der Waals surface area contributed by atoms with Crippen molar-refractivity contribution in [3.05, 3.63) is 138 Å². The molecule has 4 nitrogen and oxygen atoms in total. The number of carbonyl (C=O) groups is 2. The predicted octanol–water partition coefficient (Wildman–Crippen LogP) is 6.16. The number of anilines is 2. The lowest BCUT2D eigenvalue weighted by molar-refractivity contribution is -0.118. The first-order valence-electron chi connectivity index (χ1n) is 10.8. The van der Waals surface area contributed by atoms with E-state index in [4.69, 9.17) is 0 Å². The molecule has 162 valence electrons. The Labute approximate surface area is 193 Å². The third-order valence-electron chi connectivity index (χ3n) is 5.13. The second-order valence-corrected chi connectivity index (χ2v) is 7.50. The van der Waals surface area contributed by atoms with Crippen molar-refractivity contribution in [2.24, 2.45) is 0 Å². The Balaban J connectivity index is 1.78. The molecule has 0 heterocycles. The van der Waals surface area contributed by atoms with Crippen molar-refractivity contribution in [3.8, 4) is 0 Å². The smallest absolute Gasteiger partial charge is 0.252 e. The molecule has 0 fully saturated rings. The molecule has 4 rings (SSSR count). The molecule has 0 radical (unpaired) electrons. The molecule has 0 unspecified atom stereocenters. The van der Waals surface area contributed by atoms with Crippen LogP contribution in [0.15, 0.2) is 127 Å². The Morgan fingerprint density at radius 3 is 1.36 bits per heavy atom. The monoisotopic (exact) mass is 432 g/mol. The van der Waals surface area contributed by atoms with Gasteiger partial charge in [-0.1, -0.05) is 97.1 Å². The highest BCUT2D eigenvalue weighted by atomic mass is 16.2. The van der Waals surface area contributed by atoms with Crippen molar-refractivity contribution < 1.29 is 9.59 Å². The van der Waals surface area contributed by atoms with Crippen LogP contribution in [-0.2, 0) is 9.59 Å². The van der Waals surface area contributed by atoms with Gasteiger partial charge in [-0.3, -0.25) is 9.59 Å². The van der Waals surface area contributed by atoms with Gasteiger partial charge >= 0.3 is 0 Å². The van der Waals surface area contributed by atoms with Crippen LogP contribution in [-0.4, -0.2) is 11.8 Å². The number of para-hydroxylation sites is 2. The molecule has 0 atom stereocenters. The Morgan fingerprint density at radius 2 is 0.909 bits per heavy atom. The summed E-state index contributed by atoms with van der Waals surface area (Å²) in [6.07, 6.45) is -0.0767. The third kappa shape index (κ3) is 5.83. The Morgan fingerprint density at radius 1 is 0.515 bits per heavy atom. The van der Waals surface area contributed by atoms with E-state index < -0.39 is 0 Å². The molecular formula is C29H24N2O2. The summed E-state index contributed by atoms with van der Waals surface area (Å²) in [6.45, 7) is 0. The summed E-state index contributed by atoms with van der Waals surface area (Å²) in [5.74, 6) is -0.573. The van der Waals surface area contributed by atoms with Crippen LogP contribution in [0, 0.1) is 0 Å². The minimum Gasteiger partial charge on any atom is -0.326 e. The van der Waals surface area contributed by atoms with Crippen LogP contribution in [0.1, 0.15) is 17.5 Å². The van der Waals surface area contributed by atoms with Crippen molar-refractivity contribution in [2.75, 3.05) is 10.6 Å². The number of rotatable bonds is 7. The minimum absolute atomic E-state index is 0.0767. The van der Waals surface area contributed by atoms with E-state index in [0.717, 1.165) is 16.7 Å². The molecule has 0 aliphatic heterocycles. The van der Waals surface area contributed by atoms with E-state index in [1.54, 1.807) is 0 Å². The average Bonchev–Trinajstić information content (AvgIpc) is 2.86. The number of hydrogen-bond donors (Lipinski definition) is 2. The van der Waals surface area contributed by atoms with Gasteiger partial charge in [-0.05, 0) is 41.0 Å². The molecular weight excluding hydrogens is 408 g/mol. The van der Waals surface area contributed by atoms with Crippen LogP contribution in [0.25, 0.3) is 5.57 Å². The highest BCUT2D eigenvalue weighted by Gasteiger charge is 2.22. The summed E-state index contributed by atoms with van der Waals surface area (Å²) in [7, 11) is 0. The zero-order chi connectivity index (χ0) is 22.9. The zero-order valence-corrected chi connectivity index (χ0v) is 18.1. The average molecular weight is 433 g/mol. The predicted molar refractivity (Wildman–Crippen MR) is 134 cm³/mol. The maximum atomic E-state index is 13.5. The van der Waals surface area contributed by atoms with E-state index in [1.807, 2.05) is 121 Å². The van der Waals surface area contributed by atoms with Crippen molar-refractivity contribution in [2.45, 2.75) is 6.42 Å². The van der Waals surface area contributed by atoms with Crippen molar-refractivity contribution in [1.82, 2.24) is 0 Å². The van der Waals surface area contributed by atoms with Gasteiger partial charge in [0.2, 0.25) is 5.91 Å². The van der Waals surface area contributed by atoms with Crippen LogP contribution in [0.5, 0.6) is 0 Å². The summed E-state index contributed by atoms with van der Waals surface area (Å²) < 4.78 is 0. The summed E-state index contributed by atoms with van der Waals surface area (Å²) in [6, 6.07) is 37.9. The summed E-state index contributed by atoms with van der Waals surface area (Å²) >= 11 is 0. The molecule has 4 aromatic rings. The van der Waals surface area contributed by atoms with Crippen LogP contribution >= 0.6 is 0 Å². The van der Waals surface area contributed by atoms with Gasteiger partial charge in [0.15, 0.2) is 0 Å². The van der Waals surface area contributed by atoms with Crippen LogP contribution < -0.4 is 10.6 Å². The van der Waals surface area contributed by atoms with Crippen molar-refractivity contribution in [1.29, 1.82) is 0 Å². The van der Waals surface area contributed by atoms with Gasteiger partial charge in [-0.25, -0.2) is 0 Å². The second-order valence-electron chi connectivity index (χ2n) is 7.50. The largest absolute Gasteiger partial charge is 0.326 e. The fraction of sp³-hybridized carbons (Fsp3) is 0.0345. The fourth-order valence-electron chi connectivity index (χ4n) is 3.62. The van der Waals surface area contributed by atoms with Gasteiger partial charge in [-0.15, -0.1) is 0 Å². The van der Waals surface area contributed by atoms with E-state index in [2.05, 4.69) is 10.6 Å². The summed E-state index contributed by atoms with van der Waals surface area (Å²) in [4.78, 5) is 26.6. The molecule has 2 amide bonds. The second kappa shape index (κ2) is 10.7. The number of hydrogen-bond acceptors (Lipinski definition) is 2. The SMILES string of the molecule is O=C(CC(C(=O)Nc1ccccc1)=C(c1ccccc1)c1ccccc1)Nc1ccccc1. The summed E-state index contributed by atoms with van der Waals surface area (Å²) in [5.41, 5.74) is 4.22. The molecule has 4 heteroatoms. The van der Waals surface area contributed by atoms with E-state index >= 15 is 0 Å². The highest BCUT2D eigenvalue weighted by Crippen LogP contribution is 2.30. The Kier molecular flexibility index (Phi) is 7.08. The normalized spacial score (nSPS) is 10.2. The molecule has 0 saturated carbocycles. The molecule has 0 aromatic heterocycles. The van der Waals surface area contributed by atoms with Gasteiger partial charge in [0, 0.05) is 16.9 Å². The van der Waals surface area contributed by atoms with E-state index in [0.29, 0.717) is 16.9 Å². The van der Waals surface area contributed by atoms with Crippen molar-refractivity contribution >= 4 is 28.8 Å². The van der Waals surface area contributed by atoms with E-state index in [9.17, 15) is 9.59 Å². The van der Waals surface area contributed by atoms with Crippen LogP contribution in [0.4, 0.5) is 11.4 Å². The first-order valence-corrected chi connectivity index (χ1v) is 10.8. The zero-order valence-electron chi connectivity index (χ0n) is 18.1. The molecule has 0 aliphatic carbocycles. The van der Waals surface area contributed by atoms with Crippen LogP contribution in [0.3, 0.4) is 0 Å². The van der Waals surface area contributed by atoms with Gasteiger partial charge in [0.25, 0.3) is 5.91 Å². The number of benzene rings is 4. The van der Waals surface area contributed by atoms with Gasteiger partial charge in [0.05, 0.1) is 6.42 Å². The lowest BCUT2D eigenvalue weighted by atomic mass is 9.90. The minimum atomic E-state index is -0.313. The lowest BCUT2D eigenvalue weighted by Gasteiger charge is -2.17. The Hall–Kier alpha value is -4.44. The third-order valence-corrected chi connectivity index (χ3v) is 5.13. The molecule has 0 saturated heterocycles. The number of carbonyl (C=O) groups excluding carboxylic acids is 2. The van der Waals surface area contributed by atoms with E-state index in [1.165, 1.54) is 0 Å². The standard InChI is InChI=1S/C29H24N2O2/c32-27(30-24-17-9-3-10-18-24)21-26(29(33)31-25-19-11-4-12-20-25)28(22-13-5-1-6-14-22)23-15-7-2-8-16-23/h1-20H,21H2,(H,30,32)(H,31,33). The van der Waals surface area contributed by atoms with Crippen LogP contribution in [0.2, 0.25) is 0 Å². The number of nitrogens with one attached hydrogen (secondary N) is 2. The topological polar surface area (TPSA) is 58.2 Å². The van der Waals surface area contributed by atoms with Gasteiger partial charge in [0.1, 0.15) is 0 Å². The lowest BCUT2D eigenvalue weighted by Crippen LogP contribution is -2.22. The highest BCUT2D eigenvalue weighted by molar-refractivity contribution is 6.14. The molecule has 0 bridgehead atoms. The van der Waals surface area contributed by atoms with E-state index in [-0.39, 0.29) is 18.2 Å². The fourth-order valence-corrected chi connectivity index (χ4v) is 3.62. The molecule has 0 aliphatic rings. The molecule has 33 heavy (non-hydrogen) atoms.